The summed E-state index contributed by atoms with van der Waals surface area (Å²) in [5.74, 6) is -1.82. The first kappa shape index (κ1) is 13.7. The quantitative estimate of drug-likeness (QED) is 0.486. The van der Waals surface area contributed by atoms with Crippen molar-refractivity contribution < 1.29 is 19.8 Å². The van der Waals surface area contributed by atoms with Crippen molar-refractivity contribution >= 4 is 17.3 Å². The van der Waals surface area contributed by atoms with Crippen LogP contribution in [-0.4, -0.2) is 22.0 Å². The van der Waals surface area contributed by atoms with Crippen molar-refractivity contribution in [1.82, 2.24) is 0 Å². The molecule has 0 radical (unpaired) electrons. The lowest BCUT2D eigenvalue weighted by Crippen LogP contribution is -1.98. The second-order valence-electron chi connectivity index (χ2n) is 3.72. The maximum atomic E-state index is 11.0. The third kappa shape index (κ3) is 3.31. The monoisotopic (exact) mass is 246 g/mol. The van der Waals surface area contributed by atoms with Gasteiger partial charge in [-0.25, -0.2) is 4.79 Å². The zero-order valence-corrected chi connectivity index (χ0v) is 10.2. The number of hydrogen-bond acceptors (Lipinski definition) is 3. The van der Waals surface area contributed by atoms with E-state index in [0.717, 1.165) is 0 Å². The number of allylic oxidation sites excluding steroid dienone is 4. The van der Waals surface area contributed by atoms with E-state index in [1.54, 1.807) is 25.1 Å². The molecular weight excluding hydrogens is 232 g/mol. The summed E-state index contributed by atoms with van der Waals surface area (Å²) in [5.41, 5.74) is 1.37. The number of benzene rings is 1. The number of ketones is 1. The third-order valence-corrected chi connectivity index (χ3v) is 2.41. The van der Waals surface area contributed by atoms with Crippen LogP contribution in [-0.2, 0) is 4.79 Å². The first-order chi connectivity index (χ1) is 8.45. The third-order valence-electron chi connectivity index (χ3n) is 2.41. The number of aromatic carboxylic acids is 1. The summed E-state index contributed by atoms with van der Waals surface area (Å²) in [5, 5.41) is 18.3. The van der Waals surface area contributed by atoms with Crippen LogP contribution in [0.25, 0.3) is 5.57 Å². The molecule has 0 atom stereocenters. The molecule has 94 valence electrons. The Balaban J connectivity index is 3.19. The predicted molar refractivity (Wildman–Crippen MR) is 68.4 cm³/mol. The minimum absolute atomic E-state index is 0.155. The number of aliphatic hydroxyl groups is 1. The summed E-state index contributed by atoms with van der Waals surface area (Å²) in [6.45, 7) is 3.00. The van der Waals surface area contributed by atoms with Crippen LogP contribution >= 0.6 is 0 Å². The smallest absolute Gasteiger partial charge is 0.335 e. The van der Waals surface area contributed by atoms with Gasteiger partial charge in [-0.05, 0) is 36.3 Å². The normalized spacial score (nSPS) is 12.3. The van der Waals surface area contributed by atoms with Gasteiger partial charge in [0.2, 0.25) is 0 Å². The van der Waals surface area contributed by atoms with Gasteiger partial charge in [0, 0.05) is 6.92 Å². The zero-order chi connectivity index (χ0) is 13.7. The lowest BCUT2D eigenvalue weighted by molar-refractivity contribution is -0.115. The van der Waals surface area contributed by atoms with Crippen molar-refractivity contribution in [2.24, 2.45) is 0 Å². The first-order valence-electron chi connectivity index (χ1n) is 5.37. The van der Waals surface area contributed by atoms with Gasteiger partial charge < -0.3 is 10.2 Å². The molecule has 4 heteroatoms. The average Bonchev–Trinajstić information content (AvgIpc) is 2.35. The van der Waals surface area contributed by atoms with Crippen molar-refractivity contribution in [3.8, 4) is 0 Å². The Kier molecular flexibility index (Phi) is 4.43. The van der Waals surface area contributed by atoms with E-state index in [9.17, 15) is 14.7 Å². The molecule has 2 N–H and O–H groups in total. The molecule has 1 aromatic rings. The van der Waals surface area contributed by atoms with Crippen LogP contribution in [0.4, 0.5) is 0 Å². The fourth-order valence-corrected chi connectivity index (χ4v) is 1.41. The fraction of sp³-hybridized carbons (Fsp3) is 0.143. The van der Waals surface area contributed by atoms with Crippen molar-refractivity contribution in [3.05, 3.63) is 53.3 Å². The molecule has 0 aliphatic heterocycles. The molecule has 4 nitrogen and oxygen atoms in total. The van der Waals surface area contributed by atoms with Crippen LogP contribution in [0.1, 0.15) is 29.8 Å². The standard InChI is InChI=1S/C14H14O4/c1-3-10(8-13(16)9(2)15)11-5-4-6-12(7-11)14(17)18/h3-8,16H,1-2H3,(H,17,18)/b10-3+,13-8+. The molecule has 0 saturated heterocycles. The molecule has 1 aromatic carbocycles. The van der Waals surface area contributed by atoms with E-state index in [-0.39, 0.29) is 11.3 Å². The highest BCUT2D eigenvalue weighted by Gasteiger charge is 2.07. The molecule has 0 fully saturated rings. The Hall–Kier alpha value is -2.36. The molecule has 0 unspecified atom stereocenters. The van der Waals surface area contributed by atoms with Gasteiger partial charge in [-0.3, -0.25) is 4.79 Å². The highest BCUT2D eigenvalue weighted by Crippen LogP contribution is 2.18. The van der Waals surface area contributed by atoms with Crippen LogP contribution in [0.15, 0.2) is 42.2 Å². The Morgan fingerprint density at radius 2 is 1.78 bits per heavy atom. The number of aliphatic hydroxyl groups excluding tert-OH is 1. The van der Waals surface area contributed by atoms with Crippen molar-refractivity contribution in [1.29, 1.82) is 0 Å². The molecule has 0 aliphatic rings. The van der Waals surface area contributed by atoms with E-state index in [4.69, 9.17) is 5.11 Å². The molecule has 18 heavy (non-hydrogen) atoms. The van der Waals surface area contributed by atoms with Crippen LogP contribution in [0.3, 0.4) is 0 Å². The van der Waals surface area contributed by atoms with E-state index in [1.807, 2.05) is 0 Å². The molecule has 0 aromatic heterocycles. The predicted octanol–water partition coefficient (Wildman–Crippen LogP) is 2.82. The minimum Gasteiger partial charge on any atom is -0.504 e. The molecule has 0 amide bonds. The number of carbonyl (C=O) groups excluding carboxylic acids is 1. The number of Topliss-reactive ketones (excluding diaryl/α,β-unsaturated/α-hetero) is 1. The lowest BCUT2D eigenvalue weighted by Gasteiger charge is -2.04. The van der Waals surface area contributed by atoms with Gasteiger partial charge in [0.15, 0.2) is 11.5 Å². The molecule has 0 spiro atoms. The Morgan fingerprint density at radius 3 is 2.28 bits per heavy atom. The Morgan fingerprint density at radius 1 is 1.17 bits per heavy atom. The average molecular weight is 246 g/mol. The number of carboxylic acid groups (broad SMARTS) is 1. The zero-order valence-electron chi connectivity index (χ0n) is 10.2. The van der Waals surface area contributed by atoms with Crippen molar-refractivity contribution in [2.45, 2.75) is 13.8 Å². The van der Waals surface area contributed by atoms with Gasteiger partial charge in [-0.15, -0.1) is 0 Å². The SMILES string of the molecule is C/C=C(\C=C(\O)C(C)=O)c1cccc(C(=O)O)c1. The lowest BCUT2D eigenvalue weighted by atomic mass is 10.0. The van der Waals surface area contributed by atoms with E-state index in [2.05, 4.69) is 0 Å². The minimum atomic E-state index is -1.02. The van der Waals surface area contributed by atoms with E-state index in [0.29, 0.717) is 11.1 Å². The van der Waals surface area contributed by atoms with Gasteiger partial charge in [0.05, 0.1) is 5.56 Å². The molecule has 1 rings (SSSR count). The summed E-state index contributed by atoms with van der Waals surface area (Å²) < 4.78 is 0. The second-order valence-corrected chi connectivity index (χ2v) is 3.72. The topological polar surface area (TPSA) is 74.6 Å². The molecular formula is C14H14O4. The highest BCUT2D eigenvalue weighted by molar-refractivity contribution is 5.95. The summed E-state index contributed by atoms with van der Waals surface area (Å²) in [4.78, 5) is 21.8. The Labute approximate surface area is 105 Å². The summed E-state index contributed by atoms with van der Waals surface area (Å²) in [6.07, 6.45) is 3.02. The van der Waals surface area contributed by atoms with Crippen LogP contribution < -0.4 is 0 Å². The van der Waals surface area contributed by atoms with E-state index in [1.165, 1.54) is 25.1 Å². The van der Waals surface area contributed by atoms with Gasteiger partial charge in [0.25, 0.3) is 0 Å². The van der Waals surface area contributed by atoms with Gasteiger partial charge in [-0.2, -0.15) is 0 Å². The van der Waals surface area contributed by atoms with Gasteiger partial charge in [-0.1, -0.05) is 18.2 Å². The maximum absolute atomic E-state index is 11.0. The van der Waals surface area contributed by atoms with Gasteiger partial charge >= 0.3 is 5.97 Å². The number of hydrogen-bond donors (Lipinski definition) is 2. The summed E-state index contributed by atoms with van der Waals surface area (Å²) in [7, 11) is 0. The van der Waals surface area contributed by atoms with Crippen LogP contribution in [0.5, 0.6) is 0 Å². The van der Waals surface area contributed by atoms with E-state index >= 15 is 0 Å². The Bertz CT molecular complexity index is 538. The second kappa shape index (κ2) is 5.82. The van der Waals surface area contributed by atoms with Crippen LogP contribution in [0, 0.1) is 0 Å². The van der Waals surface area contributed by atoms with Crippen molar-refractivity contribution in [3.63, 3.8) is 0 Å². The molecule has 0 saturated carbocycles. The summed E-state index contributed by atoms with van der Waals surface area (Å²) in [6, 6.07) is 6.29. The van der Waals surface area contributed by atoms with Gasteiger partial charge in [0.1, 0.15) is 0 Å². The van der Waals surface area contributed by atoms with Crippen molar-refractivity contribution in [2.75, 3.05) is 0 Å². The number of rotatable bonds is 4. The first-order valence-corrected chi connectivity index (χ1v) is 5.37. The summed E-state index contributed by atoms with van der Waals surface area (Å²) >= 11 is 0. The number of carbonyl (C=O) groups is 2. The molecule has 0 aliphatic carbocycles. The highest BCUT2D eigenvalue weighted by atomic mass is 16.4. The largest absolute Gasteiger partial charge is 0.504 e. The van der Waals surface area contributed by atoms with Crippen LogP contribution in [0.2, 0.25) is 0 Å². The molecule has 0 bridgehead atoms. The van der Waals surface area contributed by atoms with E-state index < -0.39 is 11.8 Å². The maximum Gasteiger partial charge on any atom is 0.335 e. The molecule has 0 heterocycles. The fourth-order valence-electron chi connectivity index (χ4n) is 1.41. The number of carboxylic acids is 1.